The summed E-state index contributed by atoms with van der Waals surface area (Å²) in [6, 6.07) is 8.27. The van der Waals surface area contributed by atoms with Gasteiger partial charge in [-0.05, 0) is 39.2 Å². The van der Waals surface area contributed by atoms with Crippen LogP contribution in [-0.4, -0.2) is 52.8 Å². The van der Waals surface area contributed by atoms with Gasteiger partial charge >= 0.3 is 0 Å². The van der Waals surface area contributed by atoms with Gasteiger partial charge in [0, 0.05) is 30.6 Å². The fourth-order valence-electron chi connectivity index (χ4n) is 4.22. The second-order valence-electron chi connectivity index (χ2n) is 7.71. The number of halogens is 1. The fraction of sp³-hybridized carbons (Fsp3) is 0.571. The third-order valence-electron chi connectivity index (χ3n) is 5.74. The van der Waals surface area contributed by atoms with Crippen LogP contribution in [0.3, 0.4) is 0 Å². The predicted molar refractivity (Wildman–Crippen MR) is 112 cm³/mol. The van der Waals surface area contributed by atoms with Gasteiger partial charge in [0.05, 0.1) is 19.3 Å². The van der Waals surface area contributed by atoms with Crippen molar-refractivity contribution in [2.45, 2.75) is 51.8 Å². The smallest absolute Gasteiger partial charge is 0.246 e. The Morgan fingerprint density at radius 3 is 3.00 bits per heavy atom. The van der Waals surface area contributed by atoms with Crippen molar-refractivity contribution in [3.63, 3.8) is 0 Å². The molecule has 1 aliphatic carbocycles. The zero-order chi connectivity index (χ0) is 19.5. The second-order valence-corrected chi connectivity index (χ2v) is 7.71. The summed E-state index contributed by atoms with van der Waals surface area (Å²) in [6.45, 7) is 6.62. The van der Waals surface area contributed by atoms with E-state index in [9.17, 15) is 4.79 Å². The molecule has 1 amide bonds. The van der Waals surface area contributed by atoms with Gasteiger partial charge in [0.25, 0.3) is 0 Å². The zero-order valence-electron chi connectivity index (χ0n) is 17.0. The Balaban J connectivity index is 0.00000240. The molecule has 1 aromatic carbocycles. The van der Waals surface area contributed by atoms with E-state index >= 15 is 0 Å². The van der Waals surface area contributed by atoms with Crippen molar-refractivity contribution in [3.05, 3.63) is 35.7 Å². The lowest BCUT2D eigenvalue weighted by molar-refractivity contribution is -0.139. The second kappa shape index (κ2) is 9.69. The summed E-state index contributed by atoms with van der Waals surface area (Å²) in [6.07, 6.45) is 2.89. The lowest BCUT2D eigenvalue weighted by Crippen LogP contribution is -2.53. The van der Waals surface area contributed by atoms with Crippen LogP contribution in [0.2, 0.25) is 0 Å². The van der Waals surface area contributed by atoms with Crippen molar-refractivity contribution in [2.24, 2.45) is 5.92 Å². The summed E-state index contributed by atoms with van der Waals surface area (Å²) in [5.41, 5.74) is 2.07. The topological polar surface area (TPSA) is 80.5 Å². The highest BCUT2D eigenvalue weighted by molar-refractivity contribution is 5.85. The van der Waals surface area contributed by atoms with Crippen LogP contribution in [0.15, 0.2) is 28.8 Å². The third kappa shape index (κ3) is 4.97. The molecule has 0 spiro atoms. The van der Waals surface area contributed by atoms with Crippen LogP contribution in [0.5, 0.6) is 0 Å². The number of morpholine rings is 1. The molecule has 0 radical (unpaired) electrons. The minimum atomic E-state index is 0. The number of hydrogen-bond donors (Lipinski definition) is 1. The van der Waals surface area contributed by atoms with Crippen LogP contribution in [0, 0.1) is 12.8 Å². The lowest BCUT2D eigenvalue weighted by atomic mass is 9.82. The average molecular weight is 421 g/mol. The van der Waals surface area contributed by atoms with E-state index in [4.69, 9.17) is 9.26 Å². The number of ether oxygens (including phenoxy) is 1. The number of rotatable bonds is 5. The molecule has 0 bridgehead atoms. The first-order chi connectivity index (χ1) is 13.6. The molecule has 1 saturated heterocycles. The molecule has 0 unspecified atom stereocenters. The standard InChI is InChI=1S/C21H28N4O3.ClH/c1-3-25(21(26)16-7-8-18-17(12-16)22-9-10-27-18)13-19-23-20(24-28-19)15-6-4-5-14(2)11-15;/h4-6,11,16-18,22H,3,7-10,12-13H2,1-2H3;1H/t16-,17+,18+;/m0./s1. The monoisotopic (exact) mass is 420 g/mol. The van der Waals surface area contributed by atoms with Crippen molar-refractivity contribution in [1.29, 1.82) is 0 Å². The van der Waals surface area contributed by atoms with Crippen molar-refractivity contribution in [3.8, 4) is 11.4 Å². The van der Waals surface area contributed by atoms with Crippen LogP contribution in [0.4, 0.5) is 0 Å². The van der Waals surface area contributed by atoms with E-state index in [-0.39, 0.29) is 36.4 Å². The summed E-state index contributed by atoms with van der Waals surface area (Å²) in [5.74, 6) is 1.23. The largest absolute Gasteiger partial charge is 0.375 e. The maximum atomic E-state index is 13.1. The van der Waals surface area contributed by atoms with Gasteiger partial charge in [0.2, 0.25) is 17.6 Å². The molecule has 2 aromatic rings. The first-order valence-corrected chi connectivity index (χ1v) is 10.2. The highest BCUT2D eigenvalue weighted by Crippen LogP contribution is 2.30. The Morgan fingerprint density at radius 2 is 2.21 bits per heavy atom. The molecular formula is C21H29ClN4O3. The van der Waals surface area contributed by atoms with Crippen LogP contribution < -0.4 is 5.32 Å². The number of aryl methyl sites for hydroxylation is 1. The molecule has 1 saturated carbocycles. The first kappa shape index (κ1) is 21.7. The molecule has 2 aliphatic rings. The van der Waals surface area contributed by atoms with E-state index in [0.29, 0.717) is 24.8 Å². The number of hydrogen-bond acceptors (Lipinski definition) is 6. The molecule has 7 nitrogen and oxygen atoms in total. The van der Waals surface area contributed by atoms with Gasteiger partial charge in [0.1, 0.15) is 0 Å². The molecule has 1 N–H and O–H groups in total. The number of nitrogens with zero attached hydrogens (tertiary/aromatic N) is 3. The minimum absolute atomic E-state index is 0. The lowest BCUT2D eigenvalue weighted by Gasteiger charge is -2.40. The fourth-order valence-corrected chi connectivity index (χ4v) is 4.22. The molecule has 1 aromatic heterocycles. The summed E-state index contributed by atoms with van der Waals surface area (Å²) in [5, 5.41) is 7.59. The normalized spacial score (nSPS) is 23.7. The Bertz CT molecular complexity index is 828. The van der Waals surface area contributed by atoms with Gasteiger partial charge in [-0.2, -0.15) is 4.98 Å². The third-order valence-corrected chi connectivity index (χ3v) is 5.74. The van der Waals surface area contributed by atoms with E-state index < -0.39 is 0 Å². The van der Waals surface area contributed by atoms with Crippen LogP contribution in [-0.2, 0) is 16.1 Å². The maximum Gasteiger partial charge on any atom is 0.246 e. The van der Waals surface area contributed by atoms with E-state index in [1.807, 2.05) is 43.0 Å². The molecule has 2 heterocycles. The summed E-state index contributed by atoms with van der Waals surface area (Å²) >= 11 is 0. The molecule has 1 aliphatic heterocycles. The minimum Gasteiger partial charge on any atom is -0.375 e. The molecule has 2 fully saturated rings. The van der Waals surface area contributed by atoms with Gasteiger partial charge in [0.15, 0.2) is 0 Å². The van der Waals surface area contributed by atoms with Crippen LogP contribution in [0.1, 0.15) is 37.6 Å². The average Bonchev–Trinajstić information content (AvgIpc) is 3.20. The quantitative estimate of drug-likeness (QED) is 0.800. The number of aromatic nitrogens is 2. The van der Waals surface area contributed by atoms with E-state index in [2.05, 4.69) is 15.5 Å². The molecule has 3 atom stereocenters. The molecule has 8 heteroatoms. The van der Waals surface area contributed by atoms with E-state index in [1.165, 1.54) is 0 Å². The summed E-state index contributed by atoms with van der Waals surface area (Å²) in [7, 11) is 0. The van der Waals surface area contributed by atoms with Gasteiger partial charge in [-0.15, -0.1) is 12.4 Å². The summed E-state index contributed by atoms with van der Waals surface area (Å²) < 4.78 is 11.3. The zero-order valence-corrected chi connectivity index (χ0v) is 17.8. The van der Waals surface area contributed by atoms with Crippen LogP contribution >= 0.6 is 12.4 Å². The molecule has 29 heavy (non-hydrogen) atoms. The van der Waals surface area contributed by atoms with Crippen molar-refractivity contribution in [2.75, 3.05) is 19.7 Å². The summed E-state index contributed by atoms with van der Waals surface area (Å²) in [4.78, 5) is 19.4. The number of benzene rings is 1. The molecule has 158 valence electrons. The Morgan fingerprint density at radius 1 is 1.34 bits per heavy atom. The Hall–Kier alpha value is -1.96. The van der Waals surface area contributed by atoms with E-state index in [0.717, 1.165) is 43.5 Å². The van der Waals surface area contributed by atoms with Gasteiger partial charge in [-0.1, -0.05) is 28.9 Å². The first-order valence-electron chi connectivity index (χ1n) is 10.2. The number of fused-ring (bicyclic) bond motifs is 1. The highest BCUT2D eigenvalue weighted by Gasteiger charge is 2.37. The number of nitrogens with one attached hydrogen (secondary N) is 1. The number of carbonyl (C=O) groups excluding carboxylic acids is 1. The van der Waals surface area contributed by atoms with E-state index in [1.54, 1.807) is 0 Å². The van der Waals surface area contributed by atoms with Gasteiger partial charge in [-0.3, -0.25) is 4.79 Å². The predicted octanol–water partition coefficient (Wildman–Crippen LogP) is 2.97. The maximum absolute atomic E-state index is 13.1. The Kier molecular flexibility index (Phi) is 7.27. The molecule has 4 rings (SSSR count). The van der Waals surface area contributed by atoms with Crippen molar-refractivity contribution >= 4 is 18.3 Å². The highest BCUT2D eigenvalue weighted by atomic mass is 35.5. The van der Waals surface area contributed by atoms with Gasteiger partial charge < -0.3 is 19.5 Å². The number of carbonyl (C=O) groups is 1. The van der Waals surface area contributed by atoms with Gasteiger partial charge in [-0.25, -0.2) is 0 Å². The van der Waals surface area contributed by atoms with Crippen LogP contribution in [0.25, 0.3) is 11.4 Å². The SMILES string of the molecule is CCN(Cc1nc(-c2cccc(C)c2)no1)C(=O)[C@H]1CC[C@H]2OCCN[C@@H]2C1.Cl. The number of amides is 1. The molecular weight excluding hydrogens is 392 g/mol. The van der Waals surface area contributed by atoms with Crippen molar-refractivity contribution < 1.29 is 14.1 Å². The Labute approximate surface area is 177 Å². The van der Waals surface area contributed by atoms with Crippen molar-refractivity contribution in [1.82, 2.24) is 20.4 Å².